The Morgan fingerprint density at radius 2 is 2.27 bits per heavy atom. The maximum Gasteiger partial charge on any atom is 0.0404 e. The molecule has 1 aliphatic rings. The number of nitrogens with zero attached hydrogens (tertiary/aromatic N) is 2. The summed E-state index contributed by atoms with van der Waals surface area (Å²) in [4.78, 5) is 6.85. The van der Waals surface area contributed by atoms with E-state index < -0.39 is 0 Å². The summed E-state index contributed by atoms with van der Waals surface area (Å²) in [7, 11) is 2.21. The Kier molecular flexibility index (Phi) is 3.06. The highest BCUT2D eigenvalue weighted by atomic mass is 15.1. The highest BCUT2D eigenvalue weighted by molar-refractivity contribution is 5.24. The number of pyridine rings is 1. The fourth-order valence-electron chi connectivity index (χ4n) is 2.41. The standard InChI is InChI=1S/C13H20N2/c1-10-6-13(11(2)14-8-10)7-12-4-5-15(3)9-12/h6,8,12H,4-5,7,9H2,1-3H3. The molecular weight excluding hydrogens is 184 g/mol. The normalized spacial score (nSPS) is 22.2. The lowest BCUT2D eigenvalue weighted by Gasteiger charge is -2.12. The van der Waals surface area contributed by atoms with Crippen LogP contribution in [-0.2, 0) is 6.42 Å². The molecule has 2 nitrogen and oxygen atoms in total. The summed E-state index contributed by atoms with van der Waals surface area (Å²) in [6, 6.07) is 2.29. The van der Waals surface area contributed by atoms with E-state index in [2.05, 4.69) is 36.8 Å². The van der Waals surface area contributed by atoms with Crippen LogP contribution in [0.5, 0.6) is 0 Å². The van der Waals surface area contributed by atoms with Gasteiger partial charge in [0.1, 0.15) is 0 Å². The highest BCUT2D eigenvalue weighted by Crippen LogP contribution is 2.21. The zero-order valence-electron chi connectivity index (χ0n) is 9.95. The zero-order chi connectivity index (χ0) is 10.8. The van der Waals surface area contributed by atoms with Gasteiger partial charge in [-0.15, -0.1) is 0 Å². The van der Waals surface area contributed by atoms with E-state index in [0.29, 0.717) is 0 Å². The molecule has 0 bridgehead atoms. The van der Waals surface area contributed by atoms with Crippen LogP contribution in [0.3, 0.4) is 0 Å². The summed E-state index contributed by atoms with van der Waals surface area (Å²) in [5.74, 6) is 0.831. The molecule has 0 saturated carbocycles. The minimum atomic E-state index is 0.831. The van der Waals surface area contributed by atoms with Gasteiger partial charge in [0.05, 0.1) is 0 Å². The quantitative estimate of drug-likeness (QED) is 0.734. The van der Waals surface area contributed by atoms with Crippen LogP contribution in [0.1, 0.15) is 23.2 Å². The second-order valence-electron chi connectivity index (χ2n) is 4.88. The van der Waals surface area contributed by atoms with Crippen molar-refractivity contribution in [1.29, 1.82) is 0 Å². The van der Waals surface area contributed by atoms with Crippen molar-refractivity contribution in [1.82, 2.24) is 9.88 Å². The summed E-state index contributed by atoms with van der Waals surface area (Å²) in [5.41, 5.74) is 3.92. The Morgan fingerprint density at radius 1 is 1.47 bits per heavy atom. The Balaban J connectivity index is 2.07. The molecule has 0 aliphatic carbocycles. The van der Waals surface area contributed by atoms with Crippen molar-refractivity contribution in [3.63, 3.8) is 0 Å². The summed E-state index contributed by atoms with van der Waals surface area (Å²) in [6.07, 6.45) is 4.49. The van der Waals surface area contributed by atoms with Crippen LogP contribution >= 0.6 is 0 Å². The van der Waals surface area contributed by atoms with Gasteiger partial charge in [-0.25, -0.2) is 0 Å². The molecule has 1 saturated heterocycles. The van der Waals surface area contributed by atoms with Gasteiger partial charge in [0.2, 0.25) is 0 Å². The fraction of sp³-hybridized carbons (Fsp3) is 0.615. The van der Waals surface area contributed by atoms with Crippen LogP contribution in [0.15, 0.2) is 12.3 Å². The van der Waals surface area contributed by atoms with Gasteiger partial charge in [-0.05, 0) is 57.3 Å². The first kappa shape index (κ1) is 10.6. The minimum absolute atomic E-state index is 0.831. The van der Waals surface area contributed by atoms with Crippen LogP contribution in [0, 0.1) is 19.8 Å². The van der Waals surface area contributed by atoms with Crippen molar-refractivity contribution >= 4 is 0 Å². The van der Waals surface area contributed by atoms with Gasteiger partial charge >= 0.3 is 0 Å². The third kappa shape index (κ3) is 2.57. The first-order valence-electron chi connectivity index (χ1n) is 5.76. The summed E-state index contributed by atoms with van der Waals surface area (Å²) in [6.45, 7) is 6.74. The number of hydrogen-bond acceptors (Lipinski definition) is 2. The van der Waals surface area contributed by atoms with E-state index in [9.17, 15) is 0 Å². The second-order valence-corrected chi connectivity index (χ2v) is 4.88. The lowest BCUT2D eigenvalue weighted by molar-refractivity contribution is 0.394. The van der Waals surface area contributed by atoms with Crippen LogP contribution in [0.4, 0.5) is 0 Å². The molecule has 2 heterocycles. The summed E-state index contributed by atoms with van der Waals surface area (Å²) < 4.78 is 0. The van der Waals surface area contributed by atoms with Crippen LogP contribution in [-0.4, -0.2) is 30.0 Å². The third-order valence-corrected chi connectivity index (χ3v) is 3.33. The molecule has 2 heteroatoms. The molecule has 1 aromatic heterocycles. The van der Waals surface area contributed by atoms with Gasteiger partial charge in [-0.3, -0.25) is 4.98 Å². The Bertz CT molecular complexity index is 346. The Morgan fingerprint density at radius 3 is 2.93 bits per heavy atom. The maximum atomic E-state index is 4.43. The predicted molar refractivity (Wildman–Crippen MR) is 63.0 cm³/mol. The summed E-state index contributed by atoms with van der Waals surface area (Å²) in [5, 5.41) is 0. The topological polar surface area (TPSA) is 16.1 Å². The smallest absolute Gasteiger partial charge is 0.0404 e. The zero-order valence-corrected chi connectivity index (χ0v) is 9.95. The van der Waals surface area contributed by atoms with Gasteiger partial charge in [0.25, 0.3) is 0 Å². The van der Waals surface area contributed by atoms with Gasteiger partial charge in [0, 0.05) is 18.4 Å². The molecule has 0 N–H and O–H groups in total. The van der Waals surface area contributed by atoms with Crippen molar-refractivity contribution in [2.24, 2.45) is 5.92 Å². The molecule has 1 aliphatic heterocycles. The molecule has 2 rings (SSSR count). The first-order valence-corrected chi connectivity index (χ1v) is 5.76. The van der Waals surface area contributed by atoms with E-state index in [-0.39, 0.29) is 0 Å². The van der Waals surface area contributed by atoms with Gasteiger partial charge in [0.15, 0.2) is 0 Å². The monoisotopic (exact) mass is 204 g/mol. The molecular formula is C13H20N2. The molecule has 15 heavy (non-hydrogen) atoms. The van der Waals surface area contributed by atoms with E-state index in [0.717, 1.165) is 5.92 Å². The Hall–Kier alpha value is -0.890. The van der Waals surface area contributed by atoms with E-state index in [1.807, 2.05) is 6.20 Å². The lowest BCUT2D eigenvalue weighted by Crippen LogP contribution is -2.15. The molecule has 1 fully saturated rings. The van der Waals surface area contributed by atoms with Gasteiger partial charge in [-0.2, -0.15) is 0 Å². The molecule has 0 spiro atoms. The number of aryl methyl sites for hydroxylation is 2. The van der Waals surface area contributed by atoms with E-state index in [1.54, 1.807) is 0 Å². The largest absolute Gasteiger partial charge is 0.306 e. The molecule has 82 valence electrons. The van der Waals surface area contributed by atoms with Crippen molar-refractivity contribution in [2.75, 3.05) is 20.1 Å². The van der Waals surface area contributed by atoms with Crippen molar-refractivity contribution < 1.29 is 0 Å². The van der Waals surface area contributed by atoms with E-state index in [1.165, 1.54) is 42.8 Å². The first-order chi connectivity index (χ1) is 7.15. The number of aromatic nitrogens is 1. The molecule has 0 radical (unpaired) electrons. The SMILES string of the molecule is Cc1cnc(C)c(CC2CCN(C)C2)c1. The number of likely N-dealkylation sites (tertiary alicyclic amines) is 1. The molecule has 0 amide bonds. The number of rotatable bonds is 2. The van der Waals surface area contributed by atoms with E-state index >= 15 is 0 Å². The van der Waals surface area contributed by atoms with Crippen LogP contribution in [0.25, 0.3) is 0 Å². The van der Waals surface area contributed by atoms with E-state index in [4.69, 9.17) is 0 Å². The van der Waals surface area contributed by atoms with Crippen LogP contribution in [0.2, 0.25) is 0 Å². The fourth-order valence-corrected chi connectivity index (χ4v) is 2.41. The van der Waals surface area contributed by atoms with Gasteiger partial charge < -0.3 is 4.90 Å². The van der Waals surface area contributed by atoms with Crippen molar-refractivity contribution in [3.05, 3.63) is 29.1 Å². The lowest BCUT2D eigenvalue weighted by atomic mass is 9.97. The van der Waals surface area contributed by atoms with Gasteiger partial charge in [-0.1, -0.05) is 6.07 Å². The maximum absolute atomic E-state index is 4.43. The molecule has 1 atom stereocenters. The Labute approximate surface area is 92.3 Å². The minimum Gasteiger partial charge on any atom is -0.306 e. The molecule has 1 unspecified atom stereocenters. The average Bonchev–Trinajstić information content (AvgIpc) is 2.58. The third-order valence-electron chi connectivity index (χ3n) is 3.33. The molecule has 1 aromatic rings. The molecule has 0 aromatic carbocycles. The average molecular weight is 204 g/mol. The second kappa shape index (κ2) is 4.31. The highest BCUT2D eigenvalue weighted by Gasteiger charge is 2.20. The summed E-state index contributed by atoms with van der Waals surface area (Å²) >= 11 is 0. The van der Waals surface area contributed by atoms with Crippen LogP contribution < -0.4 is 0 Å². The number of hydrogen-bond donors (Lipinski definition) is 0. The predicted octanol–water partition coefficient (Wildman–Crippen LogP) is 2.19. The van der Waals surface area contributed by atoms with Crippen molar-refractivity contribution in [3.8, 4) is 0 Å². The van der Waals surface area contributed by atoms with Crippen molar-refractivity contribution in [2.45, 2.75) is 26.7 Å².